The van der Waals surface area contributed by atoms with Gasteiger partial charge in [-0.15, -0.1) is 10.2 Å². The molecule has 6 heteroatoms. The summed E-state index contributed by atoms with van der Waals surface area (Å²) in [5, 5.41) is 19.6. The lowest BCUT2D eigenvalue weighted by Crippen LogP contribution is -2.26. The Morgan fingerprint density at radius 2 is 1.93 bits per heavy atom. The average molecular weight is 382 g/mol. The van der Waals surface area contributed by atoms with Crippen LogP contribution in [0.25, 0.3) is 33.5 Å². The van der Waals surface area contributed by atoms with Gasteiger partial charge in [-0.3, -0.25) is 4.79 Å². The van der Waals surface area contributed by atoms with Crippen LogP contribution in [0.4, 0.5) is 5.69 Å². The quantitative estimate of drug-likeness (QED) is 0.523. The fraction of sp³-hybridized carbons (Fsp3) is 0.0870. The van der Waals surface area contributed by atoms with Gasteiger partial charge in [0, 0.05) is 34.4 Å². The number of benzene rings is 2. The molecule has 6 nitrogen and oxygen atoms in total. The molecule has 3 heterocycles. The van der Waals surface area contributed by atoms with Crippen LogP contribution in [0.5, 0.6) is 5.75 Å². The second-order valence-electron chi connectivity index (χ2n) is 6.98. The molecular weight excluding hydrogens is 364 g/mol. The Hall–Kier alpha value is -3.93. The van der Waals surface area contributed by atoms with E-state index in [4.69, 9.17) is 0 Å². The molecule has 142 valence electrons. The molecular formula is C23H18N4O2. The number of aromatic nitrogens is 3. The maximum absolute atomic E-state index is 12.1. The minimum absolute atomic E-state index is 0.0873. The minimum atomic E-state index is -0.0873. The Morgan fingerprint density at radius 1 is 1.10 bits per heavy atom. The molecule has 0 atom stereocenters. The lowest BCUT2D eigenvalue weighted by molar-refractivity contribution is -0.114. The van der Waals surface area contributed by atoms with Gasteiger partial charge in [-0.1, -0.05) is 30.8 Å². The first kappa shape index (κ1) is 17.2. The van der Waals surface area contributed by atoms with E-state index < -0.39 is 0 Å². The van der Waals surface area contributed by atoms with E-state index in [1.165, 1.54) is 6.08 Å². The van der Waals surface area contributed by atoms with Crippen molar-refractivity contribution in [2.45, 2.75) is 6.42 Å². The number of rotatable bonds is 3. The molecule has 0 saturated carbocycles. The molecule has 0 spiro atoms. The van der Waals surface area contributed by atoms with E-state index in [1.807, 2.05) is 42.5 Å². The third-order valence-electron chi connectivity index (χ3n) is 5.31. The van der Waals surface area contributed by atoms with Gasteiger partial charge < -0.3 is 15.0 Å². The summed E-state index contributed by atoms with van der Waals surface area (Å²) in [7, 11) is 0. The molecule has 0 unspecified atom stereocenters. The maximum atomic E-state index is 12.1. The van der Waals surface area contributed by atoms with Crippen LogP contribution in [0.3, 0.4) is 0 Å². The van der Waals surface area contributed by atoms with E-state index >= 15 is 0 Å². The van der Waals surface area contributed by atoms with Gasteiger partial charge in [0.2, 0.25) is 5.91 Å². The molecule has 1 aliphatic rings. The van der Waals surface area contributed by atoms with Crippen molar-refractivity contribution in [2.24, 2.45) is 0 Å². The molecule has 0 saturated heterocycles. The van der Waals surface area contributed by atoms with Gasteiger partial charge >= 0.3 is 0 Å². The highest BCUT2D eigenvalue weighted by Gasteiger charge is 2.25. The molecule has 2 aromatic carbocycles. The Labute approximate surface area is 167 Å². The highest BCUT2D eigenvalue weighted by atomic mass is 16.3. The van der Waals surface area contributed by atoms with Gasteiger partial charge in [-0.05, 0) is 48.4 Å². The first-order valence-corrected chi connectivity index (χ1v) is 9.36. The number of para-hydroxylation sites is 1. The van der Waals surface area contributed by atoms with Crippen molar-refractivity contribution < 1.29 is 9.90 Å². The largest absolute Gasteiger partial charge is 0.507 e. The van der Waals surface area contributed by atoms with Crippen molar-refractivity contribution in [3.8, 4) is 28.3 Å². The zero-order valence-corrected chi connectivity index (χ0v) is 15.6. The Bertz CT molecular complexity index is 1280. The van der Waals surface area contributed by atoms with E-state index in [2.05, 4.69) is 21.8 Å². The second-order valence-corrected chi connectivity index (χ2v) is 6.98. The standard InChI is InChI=1S/C23H18N4O2/c1-2-22(29)27-11-10-16-15(7-5-8-20(16)27)18-12-14-13-19(25-26-23(14)24-18)17-6-3-4-9-21(17)28/h2-9,12-13,28H,1,10-11H2,(H,24,26). The third kappa shape index (κ3) is 2.77. The number of nitrogens with one attached hydrogen (secondary N) is 1. The lowest BCUT2D eigenvalue weighted by atomic mass is 10.0. The summed E-state index contributed by atoms with van der Waals surface area (Å²) in [6.45, 7) is 4.24. The van der Waals surface area contributed by atoms with Crippen LogP contribution < -0.4 is 4.90 Å². The summed E-state index contributed by atoms with van der Waals surface area (Å²) in [6.07, 6.45) is 2.14. The number of H-pyrrole nitrogens is 1. The van der Waals surface area contributed by atoms with Crippen molar-refractivity contribution >= 4 is 22.6 Å². The summed E-state index contributed by atoms with van der Waals surface area (Å²) < 4.78 is 0. The normalized spacial score (nSPS) is 12.9. The number of aromatic hydroxyl groups is 1. The second kappa shape index (κ2) is 6.60. The number of aromatic amines is 1. The summed E-state index contributed by atoms with van der Waals surface area (Å²) in [4.78, 5) is 17.2. The van der Waals surface area contributed by atoms with E-state index in [0.717, 1.165) is 34.3 Å². The van der Waals surface area contributed by atoms with Gasteiger partial charge in [-0.2, -0.15) is 0 Å². The Kier molecular flexibility index (Phi) is 3.91. The van der Waals surface area contributed by atoms with Crippen molar-refractivity contribution in [1.29, 1.82) is 0 Å². The number of carbonyl (C=O) groups is 1. The van der Waals surface area contributed by atoms with Crippen LogP contribution in [0.1, 0.15) is 5.56 Å². The molecule has 0 bridgehead atoms. The molecule has 0 fully saturated rings. The topological polar surface area (TPSA) is 82.1 Å². The van der Waals surface area contributed by atoms with Gasteiger partial charge in [0.25, 0.3) is 0 Å². The lowest BCUT2D eigenvalue weighted by Gasteiger charge is -2.15. The SMILES string of the molecule is C=CC(=O)N1CCc2c(-c3cc4cc(-c5ccccc5O)nnc4[nH]3)cccc21. The zero-order valence-electron chi connectivity index (χ0n) is 15.6. The fourth-order valence-electron chi connectivity index (χ4n) is 3.93. The van der Waals surface area contributed by atoms with Crippen LogP contribution in [0.2, 0.25) is 0 Å². The number of hydrogen-bond acceptors (Lipinski definition) is 4. The van der Waals surface area contributed by atoms with Crippen LogP contribution in [0, 0.1) is 0 Å². The fourth-order valence-corrected chi connectivity index (χ4v) is 3.93. The predicted octanol–water partition coefficient (Wildman–Crippen LogP) is 4.07. The highest BCUT2D eigenvalue weighted by molar-refractivity contribution is 6.03. The van der Waals surface area contributed by atoms with Crippen molar-refractivity contribution in [3.05, 3.63) is 72.8 Å². The molecule has 0 aliphatic carbocycles. The summed E-state index contributed by atoms with van der Waals surface area (Å²) in [5.74, 6) is 0.0838. The number of phenols is 1. The summed E-state index contributed by atoms with van der Waals surface area (Å²) in [6, 6.07) is 17.0. The first-order valence-electron chi connectivity index (χ1n) is 9.36. The molecule has 4 aromatic rings. The number of amides is 1. The molecule has 5 rings (SSSR count). The van der Waals surface area contributed by atoms with E-state index in [1.54, 1.807) is 17.0 Å². The predicted molar refractivity (Wildman–Crippen MR) is 113 cm³/mol. The number of carbonyl (C=O) groups excluding carboxylic acids is 1. The maximum Gasteiger partial charge on any atom is 0.250 e. The van der Waals surface area contributed by atoms with Gasteiger partial charge in [0.1, 0.15) is 5.75 Å². The smallest absolute Gasteiger partial charge is 0.250 e. The van der Waals surface area contributed by atoms with Crippen LogP contribution in [-0.4, -0.2) is 32.7 Å². The van der Waals surface area contributed by atoms with Crippen molar-refractivity contribution in [3.63, 3.8) is 0 Å². The molecule has 1 aliphatic heterocycles. The van der Waals surface area contributed by atoms with Gasteiger partial charge in [-0.25, -0.2) is 0 Å². The molecule has 1 amide bonds. The number of nitrogens with zero attached hydrogens (tertiary/aromatic N) is 3. The molecule has 2 aromatic heterocycles. The number of hydrogen-bond donors (Lipinski definition) is 2. The third-order valence-corrected chi connectivity index (χ3v) is 5.31. The average Bonchev–Trinajstić information content (AvgIpc) is 3.37. The first-order chi connectivity index (χ1) is 14.2. The minimum Gasteiger partial charge on any atom is -0.507 e. The van der Waals surface area contributed by atoms with Gasteiger partial charge in [0.15, 0.2) is 5.65 Å². The zero-order chi connectivity index (χ0) is 20.0. The van der Waals surface area contributed by atoms with Crippen LogP contribution in [0.15, 0.2) is 67.3 Å². The van der Waals surface area contributed by atoms with E-state index in [-0.39, 0.29) is 11.7 Å². The Morgan fingerprint density at radius 3 is 2.76 bits per heavy atom. The highest BCUT2D eigenvalue weighted by Crippen LogP contribution is 2.37. The van der Waals surface area contributed by atoms with Gasteiger partial charge in [0.05, 0.1) is 5.69 Å². The molecule has 0 radical (unpaired) electrons. The Balaban J connectivity index is 1.59. The number of fused-ring (bicyclic) bond motifs is 2. The number of anilines is 1. The van der Waals surface area contributed by atoms with Crippen LogP contribution in [-0.2, 0) is 11.2 Å². The molecule has 29 heavy (non-hydrogen) atoms. The summed E-state index contributed by atoms with van der Waals surface area (Å²) >= 11 is 0. The number of phenolic OH excluding ortho intramolecular Hbond substituents is 1. The summed E-state index contributed by atoms with van der Waals surface area (Å²) in [5.41, 5.74) is 5.95. The van der Waals surface area contributed by atoms with E-state index in [0.29, 0.717) is 23.4 Å². The van der Waals surface area contributed by atoms with Crippen molar-refractivity contribution in [2.75, 3.05) is 11.4 Å². The van der Waals surface area contributed by atoms with Crippen molar-refractivity contribution in [1.82, 2.24) is 15.2 Å². The van der Waals surface area contributed by atoms with Crippen LogP contribution >= 0.6 is 0 Å². The van der Waals surface area contributed by atoms with E-state index in [9.17, 15) is 9.90 Å². The monoisotopic (exact) mass is 382 g/mol. The molecule has 2 N–H and O–H groups in total.